The Hall–Kier alpha value is -3.40. The van der Waals surface area contributed by atoms with Crippen LogP contribution in [0.1, 0.15) is 0 Å². The average molecular weight is 329 g/mol. The lowest BCUT2D eigenvalue weighted by Gasteiger charge is -2.37. The maximum atomic E-state index is 5.29. The number of benzene rings is 3. The number of anilines is 3. The summed E-state index contributed by atoms with van der Waals surface area (Å²) in [6.07, 6.45) is 4.12. The third-order valence-electron chi connectivity index (χ3n) is 4.10. The number of methoxy groups -OCH3 is 1. The van der Waals surface area contributed by atoms with Crippen molar-refractivity contribution in [3.63, 3.8) is 0 Å². The van der Waals surface area contributed by atoms with Crippen LogP contribution in [-0.4, -0.2) is 7.11 Å². The Bertz CT molecular complexity index is 798. The van der Waals surface area contributed by atoms with Crippen molar-refractivity contribution in [1.29, 1.82) is 0 Å². The Morgan fingerprint density at radius 1 is 0.560 bits per heavy atom. The lowest BCUT2D eigenvalue weighted by atomic mass is 10.3. The van der Waals surface area contributed by atoms with Crippen molar-refractivity contribution in [2.75, 3.05) is 22.2 Å². The second-order valence-electron chi connectivity index (χ2n) is 5.65. The highest BCUT2D eigenvalue weighted by molar-refractivity contribution is 5.70. The summed E-state index contributed by atoms with van der Waals surface area (Å²) in [6.45, 7) is 0. The van der Waals surface area contributed by atoms with Gasteiger partial charge in [-0.3, -0.25) is 0 Å². The highest BCUT2D eigenvalue weighted by Gasteiger charge is 2.26. The van der Waals surface area contributed by atoms with E-state index in [1.54, 1.807) is 7.11 Å². The van der Waals surface area contributed by atoms with Crippen LogP contribution in [0.2, 0.25) is 0 Å². The minimum Gasteiger partial charge on any atom is -0.497 e. The van der Waals surface area contributed by atoms with Crippen LogP contribution < -0.4 is 19.9 Å². The zero-order chi connectivity index (χ0) is 17.1. The van der Waals surface area contributed by atoms with Crippen LogP contribution in [-0.2, 0) is 0 Å². The highest BCUT2D eigenvalue weighted by atomic mass is 16.5. The van der Waals surface area contributed by atoms with E-state index in [1.165, 1.54) is 0 Å². The molecule has 25 heavy (non-hydrogen) atoms. The fourth-order valence-corrected chi connectivity index (χ4v) is 2.87. The van der Waals surface area contributed by atoms with Gasteiger partial charge in [-0.25, -0.2) is 10.0 Å². The first-order valence-electron chi connectivity index (χ1n) is 8.18. The molecule has 0 radical (unpaired) electrons. The summed E-state index contributed by atoms with van der Waals surface area (Å²) in [5, 5.41) is 6.37. The predicted molar refractivity (Wildman–Crippen MR) is 102 cm³/mol. The van der Waals surface area contributed by atoms with Gasteiger partial charge in [0.1, 0.15) is 5.75 Å². The Morgan fingerprint density at radius 2 is 1.04 bits per heavy atom. The van der Waals surface area contributed by atoms with Gasteiger partial charge in [0, 0.05) is 12.4 Å². The molecule has 0 aromatic heterocycles. The predicted octanol–water partition coefficient (Wildman–Crippen LogP) is 4.83. The van der Waals surface area contributed by atoms with E-state index in [4.69, 9.17) is 4.74 Å². The molecule has 0 amide bonds. The molecule has 124 valence electrons. The fourth-order valence-electron chi connectivity index (χ4n) is 2.87. The number of hydrogen-bond donors (Lipinski definition) is 0. The molecule has 0 fully saturated rings. The van der Waals surface area contributed by atoms with Gasteiger partial charge >= 0.3 is 0 Å². The molecule has 0 aliphatic carbocycles. The topological polar surface area (TPSA) is 19.0 Å². The van der Waals surface area contributed by atoms with Crippen LogP contribution in [0.5, 0.6) is 5.75 Å². The first-order chi connectivity index (χ1) is 12.4. The van der Waals surface area contributed by atoms with Crippen LogP contribution >= 0.6 is 0 Å². The number of hydrogen-bond acceptors (Lipinski definition) is 4. The lowest BCUT2D eigenvalue weighted by molar-refractivity contribution is 0.415. The van der Waals surface area contributed by atoms with Gasteiger partial charge < -0.3 is 4.74 Å². The van der Waals surface area contributed by atoms with Crippen LogP contribution in [0.3, 0.4) is 0 Å². The molecule has 0 saturated heterocycles. The van der Waals surface area contributed by atoms with E-state index in [1.807, 2.05) is 48.5 Å². The Labute approximate surface area is 147 Å². The highest BCUT2D eigenvalue weighted by Crippen LogP contribution is 2.33. The molecule has 0 spiro atoms. The van der Waals surface area contributed by atoms with E-state index in [0.29, 0.717) is 0 Å². The maximum absolute atomic E-state index is 5.29. The molecule has 4 rings (SSSR count). The molecular formula is C21H19N3O. The summed E-state index contributed by atoms with van der Waals surface area (Å²) >= 11 is 0. The quantitative estimate of drug-likeness (QED) is 0.682. The molecule has 0 unspecified atom stereocenters. The molecule has 0 bridgehead atoms. The van der Waals surface area contributed by atoms with Gasteiger partial charge in [-0.05, 0) is 48.5 Å². The summed E-state index contributed by atoms with van der Waals surface area (Å²) < 4.78 is 5.29. The Morgan fingerprint density at radius 3 is 1.48 bits per heavy atom. The summed E-state index contributed by atoms with van der Waals surface area (Å²) in [5.74, 6) is 0.841. The summed E-state index contributed by atoms with van der Waals surface area (Å²) in [6, 6.07) is 28.6. The molecule has 4 nitrogen and oxygen atoms in total. The largest absolute Gasteiger partial charge is 0.497 e. The van der Waals surface area contributed by atoms with Crippen LogP contribution in [0, 0.1) is 0 Å². The fraction of sp³-hybridized carbons (Fsp3) is 0.0476. The first kappa shape index (κ1) is 15.1. The van der Waals surface area contributed by atoms with Gasteiger partial charge in [-0.1, -0.05) is 36.4 Å². The van der Waals surface area contributed by atoms with Crippen molar-refractivity contribution in [1.82, 2.24) is 0 Å². The van der Waals surface area contributed by atoms with E-state index in [9.17, 15) is 0 Å². The van der Waals surface area contributed by atoms with Gasteiger partial charge in [0.15, 0.2) is 0 Å². The van der Waals surface area contributed by atoms with Crippen molar-refractivity contribution in [2.24, 2.45) is 0 Å². The molecule has 0 N–H and O–H groups in total. The number of hydrazine groups is 2. The number of rotatable bonds is 4. The monoisotopic (exact) mass is 329 g/mol. The third-order valence-corrected chi connectivity index (χ3v) is 4.10. The minimum absolute atomic E-state index is 0.841. The maximum Gasteiger partial charge on any atom is 0.119 e. The van der Waals surface area contributed by atoms with Gasteiger partial charge in [-0.15, -0.1) is 0 Å². The van der Waals surface area contributed by atoms with E-state index in [0.717, 1.165) is 22.8 Å². The molecule has 3 aromatic rings. The zero-order valence-electron chi connectivity index (χ0n) is 14.0. The van der Waals surface area contributed by atoms with E-state index < -0.39 is 0 Å². The number of nitrogens with zero attached hydrogens (tertiary/aromatic N) is 3. The second-order valence-corrected chi connectivity index (χ2v) is 5.65. The van der Waals surface area contributed by atoms with Crippen molar-refractivity contribution in [3.8, 4) is 5.75 Å². The Balaban J connectivity index is 1.76. The standard InChI is InChI=1S/C21H19N3O/c1-25-21-14-12-20(13-15-21)24-22(18-8-4-2-5-9-18)16-17-23(24)19-10-6-3-7-11-19/h2-17H,1H3. The normalized spacial score (nSPS) is 13.4. The van der Waals surface area contributed by atoms with Crippen molar-refractivity contribution in [3.05, 3.63) is 97.3 Å². The SMILES string of the molecule is COc1ccc(N2N(c3ccccc3)C=CN2c2ccccc2)cc1. The Kier molecular flexibility index (Phi) is 4.01. The molecule has 1 aliphatic heterocycles. The van der Waals surface area contributed by atoms with E-state index >= 15 is 0 Å². The summed E-state index contributed by atoms with van der Waals surface area (Å²) in [7, 11) is 1.68. The molecule has 1 heterocycles. The smallest absolute Gasteiger partial charge is 0.119 e. The molecule has 0 atom stereocenters. The number of para-hydroxylation sites is 2. The van der Waals surface area contributed by atoms with Crippen molar-refractivity contribution >= 4 is 17.1 Å². The molecule has 0 saturated carbocycles. The van der Waals surface area contributed by atoms with Crippen molar-refractivity contribution in [2.45, 2.75) is 0 Å². The minimum atomic E-state index is 0.841. The molecule has 1 aliphatic rings. The van der Waals surface area contributed by atoms with Crippen LogP contribution in [0.4, 0.5) is 17.1 Å². The zero-order valence-corrected chi connectivity index (χ0v) is 14.0. The van der Waals surface area contributed by atoms with E-state index in [-0.39, 0.29) is 0 Å². The average Bonchev–Trinajstić information content (AvgIpc) is 3.14. The van der Waals surface area contributed by atoms with Crippen molar-refractivity contribution < 1.29 is 4.74 Å². The van der Waals surface area contributed by atoms with Gasteiger partial charge in [-0.2, -0.15) is 5.12 Å². The van der Waals surface area contributed by atoms with Gasteiger partial charge in [0.25, 0.3) is 0 Å². The third kappa shape index (κ3) is 2.90. The molecule has 3 aromatic carbocycles. The second kappa shape index (κ2) is 6.61. The van der Waals surface area contributed by atoms with Gasteiger partial charge in [0.2, 0.25) is 0 Å². The summed E-state index contributed by atoms with van der Waals surface area (Å²) in [5.41, 5.74) is 3.22. The van der Waals surface area contributed by atoms with Crippen LogP contribution in [0.25, 0.3) is 0 Å². The molecule has 4 heteroatoms. The molecular weight excluding hydrogens is 310 g/mol. The summed E-state index contributed by atoms with van der Waals surface area (Å²) in [4.78, 5) is 0. The lowest BCUT2D eigenvalue weighted by Crippen LogP contribution is -2.45. The number of ether oxygens (including phenoxy) is 1. The van der Waals surface area contributed by atoms with E-state index in [2.05, 4.69) is 63.9 Å². The van der Waals surface area contributed by atoms with Gasteiger partial charge in [0.05, 0.1) is 24.2 Å². The first-order valence-corrected chi connectivity index (χ1v) is 8.18. The van der Waals surface area contributed by atoms with Crippen LogP contribution in [0.15, 0.2) is 97.3 Å².